The molecule has 0 amide bonds. The summed E-state index contributed by atoms with van der Waals surface area (Å²) in [5.74, 6) is 0.154. The SMILES string of the molecule is Cc1cc(O)c2[nH]c(-c3cccnc3)c(C#N)c2c1. The number of fused-ring (bicyclic) bond motifs is 1. The summed E-state index contributed by atoms with van der Waals surface area (Å²) in [5.41, 5.74) is 3.54. The molecule has 2 N–H and O–H groups in total. The van der Waals surface area contributed by atoms with Crippen molar-refractivity contribution in [3.05, 3.63) is 47.8 Å². The van der Waals surface area contributed by atoms with Crippen molar-refractivity contribution >= 4 is 10.9 Å². The molecule has 0 aliphatic carbocycles. The van der Waals surface area contributed by atoms with Gasteiger partial charge in [0.05, 0.1) is 16.8 Å². The fourth-order valence-electron chi connectivity index (χ4n) is 2.26. The molecule has 0 radical (unpaired) electrons. The molecule has 2 aromatic heterocycles. The average Bonchev–Trinajstić information content (AvgIpc) is 2.78. The van der Waals surface area contributed by atoms with Crippen LogP contribution in [0.25, 0.3) is 22.2 Å². The van der Waals surface area contributed by atoms with Gasteiger partial charge in [-0.1, -0.05) is 0 Å². The van der Waals surface area contributed by atoms with Crippen molar-refractivity contribution in [3.63, 3.8) is 0 Å². The van der Waals surface area contributed by atoms with Gasteiger partial charge in [-0.2, -0.15) is 5.26 Å². The number of pyridine rings is 1. The number of nitriles is 1. The summed E-state index contributed by atoms with van der Waals surface area (Å²) in [6.45, 7) is 1.89. The molecular weight excluding hydrogens is 238 g/mol. The summed E-state index contributed by atoms with van der Waals surface area (Å²) in [6.07, 6.45) is 3.37. The molecule has 1 aromatic carbocycles. The van der Waals surface area contributed by atoms with E-state index in [0.29, 0.717) is 16.8 Å². The Kier molecular flexibility index (Phi) is 2.46. The number of aromatic amines is 1. The van der Waals surface area contributed by atoms with Crippen molar-refractivity contribution < 1.29 is 5.11 Å². The molecule has 0 bridgehead atoms. The number of phenolic OH excluding ortho intramolecular Hbond substituents is 1. The number of aryl methyl sites for hydroxylation is 1. The van der Waals surface area contributed by atoms with Crippen LogP contribution in [0.4, 0.5) is 0 Å². The Balaban J connectivity index is 2.39. The fraction of sp³-hybridized carbons (Fsp3) is 0.0667. The Labute approximate surface area is 110 Å². The first-order valence-corrected chi connectivity index (χ1v) is 5.86. The van der Waals surface area contributed by atoms with Gasteiger partial charge in [0.2, 0.25) is 0 Å². The van der Waals surface area contributed by atoms with Crippen LogP contribution < -0.4 is 0 Å². The van der Waals surface area contributed by atoms with Crippen molar-refractivity contribution in [1.29, 1.82) is 5.26 Å². The van der Waals surface area contributed by atoms with Crippen LogP contribution in [-0.2, 0) is 0 Å². The van der Waals surface area contributed by atoms with E-state index in [0.717, 1.165) is 16.5 Å². The third kappa shape index (κ3) is 1.72. The van der Waals surface area contributed by atoms with Crippen molar-refractivity contribution in [3.8, 4) is 23.1 Å². The zero-order valence-corrected chi connectivity index (χ0v) is 10.3. The molecule has 0 unspecified atom stereocenters. The van der Waals surface area contributed by atoms with Gasteiger partial charge in [-0.25, -0.2) is 0 Å². The van der Waals surface area contributed by atoms with Gasteiger partial charge in [-0.3, -0.25) is 4.98 Å². The van der Waals surface area contributed by atoms with E-state index in [2.05, 4.69) is 16.0 Å². The van der Waals surface area contributed by atoms with Crippen LogP contribution >= 0.6 is 0 Å². The topological polar surface area (TPSA) is 72.7 Å². The first kappa shape index (κ1) is 11.3. The minimum Gasteiger partial charge on any atom is -0.506 e. The molecule has 0 aliphatic heterocycles. The zero-order chi connectivity index (χ0) is 13.4. The second kappa shape index (κ2) is 4.14. The summed E-state index contributed by atoms with van der Waals surface area (Å²) in [6, 6.07) is 9.46. The number of rotatable bonds is 1. The van der Waals surface area contributed by atoms with E-state index in [1.807, 2.05) is 25.1 Å². The Hall–Kier alpha value is -2.80. The number of hydrogen-bond acceptors (Lipinski definition) is 3. The average molecular weight is 249 g/mol. The van der Waals surface area contributed by atoms with Gasteiger partial charge in [-0.15, -0.1) is 0 Å². The van der Waals surface area contributed by atoms with Crippen molar-refractivity contribution in [2.24, 2.45) is 0 Å². The Morgan fingerprint density at radius 2 is 2.21 bits per heavy atom. The number of nitrogens with one attached hydrogen (secondary N) is 1. The third-order valence-corrected chi connectivity index (χ3v) is 3.09. The maximum atomic E-state index is 9.98. The molecule has 2 heterocycles. The molecule has 4 heteroatoms. The monoisotopic (exact) mass is 249 g/mol. The molecule has 0 saturated heterocycles. The normalized spacial score (nSPS) is 10.5. The quantitative estimate of drug-likeness (QED) is 0.696. The van der Waals surface area contributed by atoms with E-state index in [-0.39, 0.29) is 5.75 Å². The smallest absolute Gasteiger partial charge is 0.139 e. The zero-order valence-electron chi connectivity index (χ0n) is 10.3. The number of H-pyrrole nitrogens is 1. The summed E-state index contributed by atoms with van der Waals surface area (Å²) in [7, 11) is 0. The third-order valence-electron chi connectivity index (χ3n) is 3.09. The summed E-state index contributed by atoms with van der Waals surface area (Å²) in [5, 5.41) is 20.1. The molecule has 0 atom stereocenters. The lowest BCUT2D eigenvalue weighted by Gasteiger charge is -1.97. The van der Waals surface area contributed by atoms with Crippen molar-refractivity contribution in [2.45, 2.75) is 6.92 Å². The van der Waals surface area contributed by atoms with Gasteiger partial charge >= 0.3 is 0 Å². The van der Waals surface area contributed by atoms with Crippen LogP contribution in [0.15, 0.2) is 36.7 Å². The van der Waals surface area contributed by atoms with Crippen LogP contribution in [0.1, 0.15) is 11.1 Å². The predicted molar refractivity (Wildman–Crippen MR) is 72.6 cm³/mol. The number of aromatic nitrogens is 2. The van der Waals surface area contributed by atoms with Gasteiger partial charge in [0.25, 0.3) is 0 Å². The highest BCUT2D eigenvalue weighted by Crippen LogP contribution is 2.34. The lowest BCUT2D eigenvalue weighted by Crippen LogP contribution is -1.82. The summed E-state index contributed by atoms with van der Waals surface area (Å²) < 4.78 is 0. The Bertz CT molecular complexity index is 798. The molecule has 0 aliphatic rings. The van der Waals surface area contributed by atoms with Gasteiger partial charge in [0, 0.05) is 23.3 Å². The number of nitrogens with zero attached hydrogens (tertiary/aromatic N) is 2. The molecule has 92 valence electrons. The van der Waals surface area contributed by atoms with Gasteiger partial charge in [-0.05, 0) is 36.8 Å². The van der Waals surface area contributed by atoms with E-state index < -0.39 is 0 Å². The Morgan fingerprint density at radius 3 is 2.89 bits per heavy atom. The first-order chi connectivity index (χ1) is 9.20. The molecule has 0 spiro atoms. The van der Waals surface area contributed by atoms with Gasteiger partial charge in [0.1, 0.15) is 11.8 Å². The van der Waals surface area contributed by atoms with Crippen molar-refractivity contribution in [1.82, 2.24) is 9.97 Å². The molecule has 3 rings (SSSR count). The van der Waals surface area contributed by atoms with E-state index in [1.54, 1.807) is 18.5 Å². The maximum absolute atomic E-state index is 9.98. The molecule has 4 nitrogen and oxygen atoms in total. The summed E-state index contributed by atoms with van der Waals surface area (Å²) >= 11 is 0. The predicted octanol–water partition coefficient (Wildman–Crippen LogP) is 3.12. The number of benzene rings is 1. The van der Waals surface area contributed by atoms with Crippen LogP contribution in [0.3, 0.4) is 0 Å². The number of aromatic hydroxyl groups is 1. The molecule has 0 saturated carbocycles. The van der Waals surface area contributed by atoms with Gasteiger partial charge in [0.15, 0.2) is 0 Å². The van der Waals surface area contributed by atoms with Crippen LogP contribution in [0.5, 0.6) is 5.75 Å². The van der Waals surface area contributed by atoms with Crippen LogP contribution in [0.2, 0.25) is 0 Å². The van der Waals surface area contributed by atoms with E-state index in [1.165, 1.54) is 0 Å². The van der Waals surface area contributed by atoms with Crippen molar-refractivity contribution in [2.75, 3.05) is 0 Å². The van der Waals surface area contributed by atoms with E-state index >= 15 is 0 Å². The van der Waals surface area contributed by atoms with Gasteiger partial charge < -0.3 is 10.1 Å². The molecular formula is C15H11N3O. The second-order valence-corrected chi connectivity index (χ2v) is 4.44. The molecule has 3 aromatic rings. The van der Waals surface area contributed by atoms with Crippen LogP contribution in [0, 0.1) is 18.3 Å². The lowest BCUT2D eigenvalue weighted by molar-refractivity contribution is 0.480. The molecule has 0 fully saturated rings. The largest absolute Gasteiger partial charge is 0.506 e. The highest BCUT2D eigenvalue weighted by molar-refractivity contribution is 5.96. The first-order valence-electron chi connectivity index (χ1n) is 5.86. The van der Waals surface area contributed by atoms with E-state index in [9.17, 15) is 10.4 Å². The minimum atomic E-state index is 0.154. The number of hydrogen-bond donors (Lipinski definition) is 2. The second-order valence-electron chi connectivity index (χ2n) is 4.44. The Morgan fingerprint density at radius 1 is 1.37 bits per heavy atom. The lowest BCUT2D eigenvalue weighted by atomic mass is 10.1. The number of phenols is 1. The fourth-order valence-corrected chi connectivity index (χ4v) is 2.26. The highest BCUT2D eigenvalue weighted by atomic mass is 16.3. The highest BCUT2D eigenvalue weighted by Gasteiger charge is 2.15. The summed E-state index contributed by atoms with van der Waals surface area (Å²) in [4.78, 5) is 7.17. The van der Waals surface area contributed by atoms with E-state index in [4.69, 9.17) is 0 Å². The van der Waals surface area contributed by atoms with Crippen LogP contribution in [-0.4, -0.2) is 15.1 Å². The maximum Gasteiger partial charge on any atom is 0.139 e. The molecule has 19 heavy (non-hydrogen) atoms. The standard InChI is InChI=1S/C15H11N3O/c1-9-5-11-12(7-16)14(10-3-2-4-17-8-10)18-15(11)13(19)6-9/h2-6,8,18-19H,1H3. The minimum absolute atomic E-state index is 0.154.